The predicted molar refractivity (Wildman–Crippen MR) is 82.1 cm³/mol. The average molecular weight is 324 g/mol. The number of carbonyl (C=O) groups excluding carboxylic acids is 1. The lowest BCUT2D eigenvalue weighted by atomic mass is 9.74. The fourth-order valence-electron chi connectivity index (χ4n) is 2.94. The molecule has 2 aliphatic rings. The van der Waals surface area contributed by atoms with Gasteiger partial charge in [0.05, 0.1) is 0 Å². The molecule has 0 aromatic heterocycles. The van der Waals surface area contributed by atoms with Crippen LogP contribution in [0, 0.1) is 5.92 Å². The Bertz CT molecular complexity index is 626. The molecule has 1 aromatic rings. The van der Waals surface area contributed by atoms with Gasteiger partial charge < -0.3 is 5.32 Å². The molecule has 0 spiro atoms. The van der Waals surface area contributed by atoms with Gasteiger partial charge in [0.15, 0.2) is 0 Å². The second-order valence-electron chi connectivity index (χ2n) is 5.71. The lowest BCUT2D eigenvalue weighted by molar-refractivity contribution is -0.127. The second kappa shape index (κ2) is 6.21. The smallest absolute Gasteiger partial charge is 0.233 e. The molecule has 3 rings (SSSR count). The molecule has 1 N–H and O–H groups in total. The van der Waals surface area contributed by atoms with Gasteiger partial charge in [-0.1, -0.05) is 29.8 Å². The summed E-state index contributed by atoms with van der Waals surface area (Å²) >= 11 is 5.87. The van der Waals surface area contributed by atoms with Gasteiger partial charge in [-0.25, -0.2) is 8.78 Å². The minimum absolute atomic E-state index is 0.0837. The number of halogens is 3. The van der Waals surface area contributed by atoms with E-state index < -0.39 is 23.8 Å². The topological polar surface area (TPSA) is 29.1 Å². The van der Waals surface area contributed by atoms with Gasteiger partial charge in [-0.3, -0.25) is 4.79 Å². The third-order valence-corrected chi connectivity index (χ3v) is 4.60. The predicted octanol–water partition coefficient (Wildman–Crippen LogP) is 4.08. The Labute approximate surface area is 132 Å². The Kier molecular flexibility index (Phi) is 4.30. The van der Waals surface area contributed by atoms with Crippen molar-refractivity contribution in [2.45, 2.75) is 31.0 Å². The third kappa shape index (κ3) is 2.93. The van der Waals surface area contributed by atoms with Crippen LogP contribution < -0.4 is 5.32 Å². The molecule has 116 valence electrons. The Hall–Kier alpha value is -1.68. The van der Waals surface area contributed by atoms with E-state index in [1.54, 1.807) is 12.1 Å². The summed E-state index contributed by atoms with van der Waals surface area (Å²) in [5.74, 6) is -2.51. The Morgan fingerprint density at radius 1 is 1.23 bits per heavy atom. The van der Waals surface area contributed by atoms with Crippen LogP contribution in [0.3, 0.4) is 0 Å². The van der Waals surface area contributed by atoms with Crippen LogP contribution in [0.5, 0.6) is 0 Å². The summed E-state index contributed by atoms with van der Waals surface area (Å²) in [5, 5.41) is 3.44. The molecule has 4 atom stereocenters. The summed E-state index contributed by atoms with van der Waals surface area (Å²) in [7, 11) is 0. The molecule has 0 radical (unpaired) electrons. The highest BCUT2D eigenvalue weighted by Crippen LogP contribution is 2.38. The number of hydrogen-bond donors (Lipinski definition) is 1. The van der Waals surface area contributed by atoms with Crippen molar-refractivity contribution in [2.75, 3.05) is 0 Å². The first-order valence-electron chi connectivity index (χ1n) is 7.30. The molecule has 0 heterocycles. The fourth-order valence-corrected chi connectivity index (χ4v) is 3.07. The zero-order valence-electron chi connectivity index (χ0n) is 11.8. The van der Waals surface area contributed by atoms with E-state index in [4.69, 9.17) is 11.6 Å². The quantitative estimate of drug-likeness (QED) is 0.892. The Morgan fingerprint density at radius 3 is 2.55 bits per heavy atom. The van der Waals surface area contributed by atoms with Crippen molar-refractivity contribution in [3.63, 3.8) is 0 Å². The molecule has 2 aliphatic carbocycles. The fraction of sp³-hybridized carbons (Fsp3) is 0.353. The lowest BCUT2D eigenvalue weighted by Gasteiger charge is -2.38. The van der Waals surface area contributed by atoms with Crippen molar-refractivity contribution < 1.29 is 13.6 Å². The number of hydrogen-bond acceptors (Lipinski definition) is 1. The first-order chi connectivity index (χ1) is 10.6. The minimum atomic E-state index is -1.61. The summed E-state index contributed by atoms with van der Waals surface area (Å²) in [4.78, 5) is 12.2. The van der Waals surface area contributed by atoms with Crippen LogP contribution >= 0.6 is 11.6 Å². The van der Waals surface area contributed by atoms with E-state index in [9.17, 15) is 13.6 Å². The standard InChI is InChI=1S/C17H16ClF2NO/c18-11-6-4-10(5-7-11)12-8-9-15(12)21-17(22)16-13(19)2-1-3-14(16)20/h1-7,12-13,15-16H,8-9H2,(H,21,22). The normalized spacial score (nSPS) is 30.4. The summed E-state index contributed by atoms with van der Waals surface area (Å²) in [5.41, 5.74) is 1.08. The van der Waals surface area contributed by atoms with Gasteiger partial charge in [-0.05, 0) is 42.7 Å². The molecule has 1 fully saturated rings. The van der Waals surface area contributed by atoms with E-state index in [0.29, 0.717) is 5.02 Å². The van der Waals surface area contributed by atoms with Crippen LogP contribution in [0.25, 0.3) is 0 Å². The monoisotopic (exact) mass is 323 g/mol. The number of benzene rings is 1. The highest BCUT2D eigenvalue weighted by atomic mass is 35.5. The molecule has 1 saturated carbocycles. The number of allylic oxidation sites excluding steroid dienone is 3. The van der Waals surface area contributed by atoms with Crippen LogP contribution in [0.15, 0.2) is 48.3 Å². The maximum absolute atomic E-state index is 13.7. The number of amides is 1. The van der Waals surface area contributed by atoms with Crippen LogP contribution in [-0.2, 0) is 4.79 Å². The third-order valence-electron chi connectivity index (χ3n) is 4.35. The molecule has 5 heteroatoms. The first-order valence-corrected chi connectivity index (χ1v) is 7.68. The summed E-state index contributed by atoms with van der Waals surface area (Å²) < 4.78 is 27.4. The van der Waals surface area contributed by atoms with Crippen molar-refractivity contribution in [1.82, 2.24) is 5.32 Å². The van der Waals surface area contributed by atoms with Gasteiger partial charge in [-0.2, -0.15) is 0 Å². The Morgan fingerprint density at radius 2 is 1.95 bits per heavy atom. The summed E-state index contributed by atoms with van der Waals surface area (Å²) in [6, 6.07) is 7.37. The van der Waals surface area contributed by atoms with E-state index >= 15 is 0 Å². The zero-order chi connectivity index (χ0) is 15.7. The summed E-state index contributed by atoms with van der Waals surface area (Å²) in [6.07, 6.45) is 3.77. The van der Waals surface area contributed by atoms with Crippen molar-refractivity contribution in [3.8, 4) is 0 Å². The maximum Gasteiger partial charge on any atom is 0.233 e. The zero-order valence-corrected chi connectivity index (χ0v) is 12.6. The van der Waals surface area contributed by atoms with Crippen molar-refractivity contribution in [2.24, 2.45) is 5.92 Å². The van der Waals surface area contributed by atoms with E-state index in [-0.39, 0.29) is 12.0 Å². The molecule has 2 nitrogen and oxygen atoms in total. The van der Waals surface area contributed by atoms with Crippen LogP contribution in [0.4, 0.5) is 8.78 Å². The molecule has 1 aromatic carbocycles. The largest absolute Gasteiger partial charge is 0.352 e. The molecule has 22 heavy (non-hydrogen) atoms. The molecule has 4 unspecified atom stereocenters. The molecule has 0 bridgehead atoms. The number of nitrogens with one attached hydrogen (secondary N) is 1. The van der Waals surface area contributed by atoms with E-state index in [2.05, 4.69) is 5.32 Å². The molecule has 1 amide bonds. The van der Waals surface area contributed by atoms with Gasteiger partial charge in [0.2, 0.25) is 5.91 Å². The number of alkyl halides is 1. The van der Waals surface area contributed by atoms with Gasteiger partial charge >= 0.3 is 0 Å². The van der Waals surface area contributed by atoms with Gasteiger partial charge in [-0.15, -0.1) is 0 Å². The Balaban J connectivity index is 1.66. The van der Waals surface area contributed by atoms with E-state index in [1.165, 1.54) is 12.2 Å². The van der Waals surface area contributed by atoms with Gasteiger partial charge in [0.1, 0.15) is 17.9 Å². The maximum atomic E-state index is 13.7. The minimum Gasteiger partial charge on any atom is -0.352 e. The highest BCUT2D eigenvalue weighted by Gasteiger charge is 2.38. The molecular weight excluding hydrogens is 308 g/mol. The molecule has 0 aliphatic heterocycles. The SMILES string of the molecule is O=C(NC1CCC1c1ccc(Cl)cc1)C1C(F)=CC=CC1F. The van der Waals surface area contributed by atoms with Crippen LogP contribution in [0.1, 0.15) is 24.3 Å². The van der Waals surface area contributed by atoms with E-state index in [1.807, 2.05) is 12.1 Å². The first kappa shape index (κ1) is 15.2. The van der Waals surface area contributed by atoms with E-state index in [0.717, 1.165) is 24.5 Å². The van der Waals surface area contributed by atoms with Crippen molar-refractivity contribution in [3.05, 3.63) is 58.9 Å². The van der Waals surface area contributed by atoms with Crippen LogP contribution in [0.2, 0.25) is 5.02 Å². The van der Waals surface area contributed by atoms with Gasteiger partial charge in [0, 0.05) is 17.0 Å². The summed E-state index contributed by atoms with van der Waals surface area (Å²) in [6.45, 7) is 0. The number of rotatable bonds is 3. The second-order valence-corrected chi connectivity index (χ2v) is 6.15. The van der Waals surface area contributed by atoms with Crippen molar-refractivity contribution in [1.29, 1.82) is 0 Å². The number of carbonyl (C=O) groups is 1. The van der Waals surface area contributed by atoms with Crippen molar-refractivity contribution >= 4 is 17.5 Å². The lowest BCUT2D eigenvalue weighted by Crippen LogP contribution is -2.49. The average Bonchev–Trinajstić information content (AvgIpc) is 2.46. The molecular formula is C17H16ClF2NO. The van der Waals surface area contributed by atoms with Gasteiger partial charge in [0.25, 0.3) is 0 Å². The highest BCUT2D eigenvalue weighted by molar-refractivity contribution is 6.30. The van der Waals surface area contributed by atoms with Crippen LogP contribution in [-0.4, -0.2) is 18.1 Å². The molecule has 0 saturated heterocycles.